The molecule has 3 aliphatic rings. The number of methoxy groups -OCH3 is 1. The number of carbonyl (C=O) groups excluding carboxylic acids is 2. The highest BCUT2D eigenvalue weighted by Crippen LogP contribution is 2.52. The largest absolute Gasteiger partial charge is 0.453 e. The maximum atomic E-state index is 13.5. The van der Waals surface area contributed by atoms with E-state index in [1.54, 1.807) is 0 Å². The number of hydrogen-bond donors (Lipinski definition) is 3. The highest BCUT2D eigenvalue weighted by Gasteiger charge is 2.41. The second-order valence-corrected chi connectivity index (χ2v) is 13.3. The molecule has 4 unspecified atom stereocenters. The fourth-order valence-corrected chi connectivity index (χ4v) is 7.78. The second-order valence-electron chi connectivity index (χ2n) is 13.3. The molecule has 2 aromatic heterocycles. The van der Waals surface area contributed by atoms with E-state index in [-0.39, 0.29) is 17.9 Å². The maximum Gasteiger partial charge on any atom is 0.407 e. The first-order valence-corrected chi connectivity index (χ1v) is 16.3. The SMILES string of the molecule is COC(=O)NC(C(=O)N1CCCC1c1ncc(-c2ccc(-c3ccc(-c4cnc([C@@H]5CC6CCC5C6)[nH]4)cc3)cc2)[nH]1)C(C)C. The fraction of sp³-hybridized carbons (Fsp3) is 0.444. The number of nitrogens with one attached hydrogen (secondary N) is 3. The lowest BCUT2D eigenvalue weighted by Gasteiger charge is -2.30. The van der Waals surface area contributed by atoms with Crippen LogP contribution in [0.1, 0.15) is 76.0 Å². The summed E-state index contributed by atoms with van der Waals surface area (Å²) in [6.07, 6.45) is 10.4. The van der Waals surface area contributed by atoms with Crippen molar-refractivity contribution in [2.75, 3.05) is 13.7 Å². The molecule has 0 radical (unpaired) electrons. The Kier molecular flexibility index (Phi) is 7.94. The molecular formula is C36H42N6O3. The van der Waals surface area contributed by atoms with Gasteiger partial charge in [-0.2, -0.15) is 0 Å². The molecule has 1 saturated heterocycles. The predicted octanol–water partition coefficient (Wildman–Crippen LogP) is 7.08. The Morgan fingerprint density at radius 2 is 1.44 bits per heavy atom. The summed E-state index contributed by atoms with van der Waals surface area (Å²) in [5.74, 6) is 4.07. The van der Waals surface area contributed by atoms with Gasteiger partial charge in [-0.3, -0.25) is 4.79 Å². The van der Waals surface area contributed by atoms with Crippen molar-refractivity contribution in [2.24, 2.45) is 17.8 Å². The molecule has 0 spiro atoms. The van der Waals surface area contributed by atoms with Crippen LogP contribution in [0, 0.1) is 17.8 Å². The van der Waals surface area contributed by atoms with Crippen molar-refractivity contribution >= 4 is 12.0 Å². The predicted molar refractivity (Wildman–Crippen MR) is 173 cm³/mol. The van der Waals surface area contributed by atoms with Crippen molar-refractivity contribution in [3.8, 4) is 33.6 Å². The topological polar surface area (TPSA) is 116 Å². The first kappa shape index (κ1) is 29.3. The molecule has 9 nitrogen and oxygen atoms in total. The van der Waals surface area contributed by atoms with Gasteiger partial charge in [0, 0.05) is 12.5 Å². The molecule has 234 valence electrons. The number of H-pyrrole nitrogens is 2. The second kappa shape index (κ2) is 12.2. The molecule has 3 heterocycles. The van der Waals surface area contributed by atoms with Crippen LogP contribution in [0.3, 0.4) is 0 Å². The van der Waals surface area contributed by atoms with E-state index < -0.39 is 12.1 Å². The van der Waals surface area contributed by atoms with E-state index in [0.717, 1.165) is 64.1 Å². The van der Waals surface area contributed by atoms with Crippen LogP contribution < -0.4 is 5.32 Å². The van der Waals surface area contributed by atoms with E-state index in [0.29, 0.717) is 12.5 Å². The number of imidazole rings is 2. The Bertz CT molecular complexity index is 1660. The maximum absolute atomic E-state index is 13.5. The van der Waals surface area contributed by atoms with Crippen LogP contribution in [-0.2, 0) is 9.53 Å². The summed E-state index contributed by atoms with van der Waals surface area (Å²) < 4.78 is 4.75. The van der Waals surface area contributed by atoms with Gasteiger partial charge < -0.3 is 24.9 Å². The number of likely N-dealkylation sites (tertiary alicyclic amines) is 1. The Morgan fingerprint density at radius 1 is 0.844 bits per heavy atom. The third-order valence-corrected chi connectivity index (χ3v) is 10.2. The number of ether oxygens (including phenoxy) is 1. The summed E-state index contributed by atoms with van der Waals surface area (Å²) in [6, 6.07) is 16.3. The molecule has 3 fully saturated rings. The van der Waals surface area contributed by atoms with Crippen LogP contribution in [0.4, 0.5) is 4.79 Å². The number of alkyl carbamates (subject to hydrolysis) is 1. The number of aromatic amines is 2. The van der Waals surface area contributed by atoms with Gasteiger partial charge in [0.15, 0.2) is 0 Å². The Hall–Kier alpha value is -4.40. The van der Waals surface area contributed by atoms with Gasteiger partial charge in [-0.25, -0.2) is 14.8 Å². The number of fused-ring (bicyclic) bond motifs is 2. The van der Waals surface area contributed by atoms with E-state index in [1.165, 1.54) is 38.6 Å². The van der Waals surface area contributed by atoms with Crippen LogP contribution in [0.25, 0.3) is 33.6 Å². The Balaban J connectivity index is 1.02. The van der Waals surface area contributed by atoms with E-state index >= 15 is 0 Å². The van der Waals surface area contributed by atoms with Gasteiger partial charge in [0.05, 0.1) is 36.9 Å². The fourth-order valence-electron chi connectivity index (χ4n) is 7.78. The van der Waals surface area contributed by atoms with E-state index in [1.807, 2.05) is 31.1 Å². The molecule has 5 atom stereocenters. The molecule has 2 amide bonds. The van der Waals surface area contributed by atoms with Gasteiger partial charge >= 0.3 is 6.09 Å². The Labute approximate surface area is 264 Å². The van der Waals surface area contributed by atoms with E-state index in [2.05, 4.69) is 68.8 Å². The van der Waals surface area contributed by atoms with E-state index in [4.69, 9.17) is 9.72 Å². The zero-order valence-corrected chi connectivity index (χ0v) is 26.3. The molecule has 2 aromatic carbocycles. The van der Waals surface area contributed by atoms with Crippen LogP contribution in [0.15, 0.2) is 60.9 Å². The smallest absolute Gasteiger partial charge is 0.407 e. The molecular weight excluding hydrogens is 564 g/mol. The van der Waals surface area contributed by atoms with Crippen molar-refractivity contribution < 1.29 is 14.3 Å². The summed E-state index contributed by atoms with van der Waals surface area (Å²) in [6.45, 7) is 4.46. The molecule has 2 aliphatic carbocycles. The minimum atomic E-state index is -0.655. The summed E-state index contributed by atoms with van der Waals surface area (Å²) in [5, 5.41) is 2.70. The first-order chi connectivity index (χ1) is 21.9. The number of aromatic nitrogens is 4. The summed E-state index contributed by atoms with van der Waals surface area (Å²) >= 11 is 0. The summed E-state index contributed by atoms with van der Waals surface area (Å²) in [7, 11) is 1.30. The molecule has 2 bridgehead atoms. The van der Waals surface area contributed by atoms with Gasteiger partial charge in [-0.15, -0.1) is 0 Å². The number of hydrogen-bond acceptors (Lipinski definition) is 5. The number of rotatable bonds is 8. The Morgan fingerprint density at radius 3 is 2.00 bits per heavy atom. The molecule has 1 aliphatic heterocycles. The molecule has 9 heteroatoms. The minimum Gasteiger partial charge on any atom is -0.453 e. The molecule has 3 N–H and O–H groups in total. The van der Waals surface area contributed by atoms with Gasteiger partial charge in [0.1, 0.15) is 17.7 Å². The first-order valence-electron chi connectivity index (χ1n) is 16.3. The highest BCUT2D eigenvalue weighted by molar-refractivity contribution is 5.86. The average Bonchev–Trinajstić information content (AvgIpc) is 3.91. The summed E-state index contributed by atoms with van der Waals surface area (Å²) in [5.41, 5.74) is 6.48. The third-order valence-electron chi connectivity index (χ3n) is 10.2. The molecule has 7 rings (SSSR count). The van der Waals surface area contributed by atoms with E-state index in [9.17, 15) is 9.59 Å². The number of carbonyl (C=O) groups is 2. The van der Waals surface area contributed by atoms with Crippen molar-refractivity contribution in [1.29, 1.82) is 0 Å². The van der Waals surface area contributed by atoms with Crippen LogP contribution >= 0.6 is 0 Å². The van der Waals surface area contributed by atoms with Crippen LogP contribution in [0.5, 0.6) is 0 Å². The average molecular weight is 607 g/mol. The van der Waals surface area contributed by atoms with Crippen LogP contribution in [0.2, 0.25) is 0 Å². The quantitative estimate of drug-likeness (QED) is 0.198. The zero-order valence-electron chi connectivity index (χ0n) is 26.3. The lowest BCUT2D eigenvalue weighted by Crippen LogP contribution is -2.51. The van der Waals surface area contributed by atoms with Crippen molar-refractivity contribution in [1.82, 2.24) is 30.2 Å². The van der Waals surface area contributed by atoms with Gasteiger partial charge in [0.25, 0.3) is 0 Å². The van der Waals surface area contributed by atoms with Crippen LogP contribution in [-0.4, -0.2) is 56.5 Å². The number of amides is 2. The molecule has 2 saturated carbocycles. The molecule has 4 aromatic rings. The van der Waals surface area contributed by atoms with Gasteiger partial charge in [-0.1, -0.05) is 68.8 Å². The lowest BCUT2D eigenvalue weighted by molar-refractivity contribution is -0.135. The minimum absolute atomic E-state index is 0.0743. The zero-order chi connectivity index (χ0) is 31.1. The van der Waals surface area contributed by atoms with Gasteiger partial charge in [0.2, 0.25) is 5.91 Å². The normalized spacial score (nSPS) is 23.1. The van der Waals surface area contributed by atoms with Crippen molar-refractivity contribution in [3.63, 3.8) is 0 Å². The van der Waals surface area contributed by atoms with Crippen molar-refractivity contribution in [2.45, 2.75) is 70.4 Å². The van der Waals surface area contributed by atoms with Crippen molar-refractivity contribution in [3.05, 3.63) is 72.6 Å². The number of benzene rings is 2. The lowest BCUT2D eigenvalue weighted by atomic mass is 9.88. The molecule has 45 heavy (non-hydrogen) atoms. The standard InChI is InChI=1S/C36H42N6O3/c1-21(2)32(41-36(44)45-3)35(43)42-16-4-5-31(42)34-38-20-30(40-34)26-14-10-24(11-15-26)23-8-12-25(13-9-23)29-19-37-33(39-29)28-18-22-6-7-27(28)17-22/h8-15,19-22,27-28,31-32H,4-7,16-18H2,1-3H3,(H,37,39)(H,38,40)(H,41,44)/t22?,27?,28-,31?,32?/m1/s1. The summed E-state index contributed by atoms with van der Waals surface area (Å²) in [4.78, 5) is 43.7. The monoisotopic (exact) mass is 606 g/mol. The highest BCUT2D eigenvalue weighted by atomic mass is 16.5. The van der Waals surface area contributed by atoms with Gasteiger partial charge in [-0.05, 0) is 72.1 Å². The third kappa shape index (κ3) is 5.76. The number of nitrogens with zero attached hydrogens (tertiary/aromatic N) is 3.